The average molecular weight is 487 g/mol. The maximum absolute atomic E-state index is 12.8. The highest BCUT2D eigenvalue weighted by Gasteiger charge is 2.26. The molecule has 5 rings (SSSR count). The predicted octanol–water partition coefficient (Wildman–Crippen LogP) is 6.59. The number of esters is 1. The van der Waals surface area contributed by atoms with E-state index < -0.39 is 5.97 Å². The van der Waals surface area contributed by atoms with Gasteiger partial charge in [0.25, 0.3) is 0 Å². The van der Waals surface area contributed by atoms with Gasteiger partial charge in [0, 0.05) is 11.1 Å². The molecule has 0 aliphatic carbocycles. The molecule has 0 amide bonds. The third-order valence-electron chi connectivity index (χ3n) is 6.59. The Bertz CT molecular complexity index is 1690. The minimum Gasteiger partial charge on any atom is -0.465 e. The maximum Gasteiger partial charge on any atom is 0.338 e. The SMILES string of the molecule is CCc1ccc(-c2nc3c(c(C)nn3-c3cccc(C)c3)c(-c3ccccc3C(=O)OC)c2C#N)cc1. The monoisotopic (exact) mass is 486 g/mol. The van der Waals surface area contributed by atoms with Crippen molar-refractivity contribution in [2.45, 2.75) is 27.2 Å². The number of nitriles is 1. The molecule has 0 saturated carbocycles. The van der Waals surface area contributed by atoms with Crippen molar-refractivity contribution in [3.8, 4) is 34.1 Å². The lowest BCUT2D eigenvalue weighted by molar-refractivity contribution is 0.0601. The van der Waals surface area contributed by atoms with E-state index in [0.717, 1.165) is 28.6 Å². The molecule has 2 aromatic heterocycles. The molecule has 3 aromatic carbocycles. The number of methoxy groups -OCH3 is 1. The van der Waals surface area contributed by atoms with Crippen LogP contribution in [0.1, 0.15) is 39.7 Å². The number of carbonyl (C=O) groups is 1. The molecule has 0 spiro atoms. The van der Waals surface area contributed by atoms with E-state index in [9.17, 15) is 10.1 Å². The number of aromatic nitrogens is 3. The van der Waals surface area contributed by atoms with E-state index in [0.29, 0.717) is 39.3 Å². The van der Waals surface area contributed by atoms with Crippen molar-refractivity contribution in [3.63, 3.8) is 0 Å². The summed E-state index contributed by atoms with van der Waals surface area (Å²) in [5, 5.41) is 16.1. The molecule has 37 heavy (non-hydrogen) atoms. The molecular formula is C31H26N4O2. The molecule has 0 fully saturated rings. The molecule has 0 N–H and O–H groups in total. The number of hydrogen-bond acceptors (Lipinski definition) is 5. The lowest BCUT2D eigenvalue weighted by Gasteiger charge is -2.15. The molecule has 6 nitrogen and oxygen atoms in total. The number of rotatable bonds is 5. The fourth-order valence-corrected chi connectivity index (χ4v) is 4.73. The highest BCUT2D eigenvalue weighted by molar-refractivity contribution is 6.07. The summed E-state index contributed by atoms with van der Waals surface area (Å²) in [5.41, 5.74) is 7.85. The molecule has 6 heteroatoms. The summed E-state index contributed by atoms with van der Waals surface area (Å²) in [5.74, 6) is -0.470. The Balaban J connectivity index is 1.94. The van der Waals surface area contributed by atoms with E-state index in [1.807, 2.05) is 79.2 Å². The van der Waals surface area contributed by atoms with Crippen molar-refractivity contribution in [2.24, 2.45) is 0 Å². The normalized spacial score (nSPS) is 10.9. The van der Waals surface area contributed by atoms with Crippen LogP contribution in [0.3, 0.4) is 0 Å². The van der Waals surface area contributed by atoms with Gasteiger partial charge < -0.3 is 4.74 Å². The minimum atomic E-state index is -0.470. The lowest BCUT2D eigenvalue weighted by Crippen LogP contribution is -2.06. The van der Waals surface area contributed by atoms with Gasteiger partial charge in [0.2, 0.25) is 0 Å². The molecule has 182 valence electrons. The van der Waals surface area contributed by atoms with Crippen LogP contribution in [-0.2, 0) is 11.2 Å². The van der Waals surface area contributed by atoms with E-state index in [4.69, 9.17) is 14.8 Å². The van der Waals surface area contributed by atoms with Crippen LogP contribution in [0.25, 0.3) is 39.1 Å². The van der Waals surface area contributed by atoms with Crippen LogP contribution in [0.2, 0.25) is 0 Å². The summed E-state index contributed by atoms with van der Waals surface area (Å²) in [7, 11) is 1.36. The number of nitrogens with zero attached hydrogens (tertiary/aromatic N) is 4. The average Bonchev–Trinajstić information content (AvgIpc) is 3.27. The topological polar surface area (TPSA) is 80.8 Å². The van der Waals surface area contributed by atoms with Gasteiger partial charge in [-0.25, -0.2) is 14.5 Å². The van der Waals surface area contributed by atoms with E-state index in [1.165, 1.54) is 12.7 Å². The van der Waals surface area contributed by atoms with E-state index in [1.54, 1.807) is 12.1 Å². The Hall–Kier alpha value is -4.76. The van der Waals surface area contributed by atoms with Crippen LogP contribution in [0.4, 0.5) is 0 Å². The summed E-state index contributed by atoms with van der Waals surface area (Å²) in [6.07, 6.45) is 0.912. The molecule has 0 atom stereocenters. The fraction of sp³-hybridized carbons (Fsp3) is 0.161. The van der Waals surface area contributed by atoms with Crippen molar-refractivity contribution >= 4 is 17.0 Å². The number of fused-ring (bicyclic) bond motifs is 1. The number of carbonyl (C=O) groups excluding carboxylic acids is 1. The van der Waals surface area contributed by atoms with Gasteiger partial charge in [-0.2, -0.15) is 10.4 Å². The second-order valence-corrected chi connectivity index (χ2v) is 8.94. The Morgan fingerprint density at radius 3 is 2.46 bits per heavy atom. The molecule has 0 unspecified atom stereocenters. The smallest absolute Gasteiger partial charge is 0.338 e. The largest absolute Gasteiger partial charge is 0.465 e. The van der Waals surface area contributed by atoms with Gasteiger partial charge in [0.05, 0.1) is 40.7 Å². The first-order chi connectivity index (χ1) is 18.0. The van der Waals surface area contributed by atoms with E-state index in [-0.39, 0.29) is 0 Å². The Kier molecular flexibility index (Phi) is 6.29. The first kappa shape index (κ1) is 24.0. The van der Waals surface area contributed by atoms with Crippen molar-refractivity contribution in [1.82, 2.24) is 14.8 Å². The second kappa shape index (κ2) is 9.71. The molecule has 0 bridgehead atoms. The van der Waals surface area contributed by atoms with Crippen LogP contribution < -0.4 is 0 Å². The van der Waals surface area contributed by atoms with Crippen molar-refractivity contribution < 1.29 is 9.53 Å². The molecular weight excluding hydrogens is 460 g/mol. The summed E-state index contributed by atoms with van der Waals surface area (Å²) < 4.78 is 6.90. The molecule has 0 saturated heterocycles. The molecule has 0 aliphatic rings. The highest BCUT2D eigenvalue weighted by atomic mass is 16.5. The summed E-state index contributed by atoms with van der Waals surface area (Å²) >= 11 is 0. The van der Waals surface area contributed by atoms with Crippen LogP contribution >= 0.6 is 0 Å². The Morgan fingerprint density at radius 2 is 1.78 bits per heavy atom. The van der Waals surface area contributed by atoms with Gasteiger partial charge in [-0.15, -0.1) is 0 Å². The van der Waals surface area contributed by atoms with Crippen LogP contribution in [0.5, 0.6) is 0 Å². The van der Waals surface area contributed by atoms with Gasteiger partial charge in [-0.05, 0) is 55.2 Å². The molecule has 0 radical (unpaired) electrons. The van der Waals surface area contributed by atoms with Crippen LogP contribution in [0.15, 0.2) is 72.8 Å². The lowest BCUT2D eigenvalue weighted by atomic mass is 9.90. The Morgan fingerprint density at radius 1 is 1.03 bits per heavy atom. The zero-order valence-electron chi connectivity index (χ0n) is 21.2. The fourth-order valence-electron chi connectivity index (χ4n) is 4.73. The first-order valence-corrected chi connectivity index (χ1v) is 12.1. The standard InChI is InChI=1S/C31H26N4O2/c1-5-21-13-15-22(16-14-21)29-26(18-32)28(24-11-6-7-12-25(24)31(36)37-4)27-20(3)34-35(30(27)33-29)23-10-8-9-19(2)17-23/h6-17H,5H2,1-4H3. The molecule has 2 heterocycles. The number of ether oxygens (including phenoxy) is 1. The quantitative estimate of drug-likeness (QED) is 0.262. The zero-order valence-corrected chi connectivity index (χ0v) is 21.2. The van der Waals surface area contributed by atoms with Gasteiger partial charge in [0.15, 0.2) is 5.65 Å². The summed E-state index contributed by atoms with van der Waals surface area (Å²) in [4.78, 5) is 17.8. The van der Waals surface area contributed by atoms with Crippen molar-refractivity contribution in [1.29, 1.82) is 5.26 Å². The minimum absolute atomic E-state index is 0.379. The van der Waals surface area contributed by atoms with Crippen LogP contribution in [-0.4, -0.2) is 27.8 Å². The second-order valence-electron chi connectivity index (χ2n) is 8.94. The molecule has 5 aromatic rings. The van der Waals surface area contributed by atoms with Crippen molar-refractivity contribution in [3.05, 3.63) is 101 Å². The zero-order chi connectivity index (χ0) is 26.1. The summed E-state index contributed by atoms with van der Waals surface area (Å²) in [6.45, 7) is 6.03. The van der Waals surface area contributed by atoms with E-state index in [2.05, 4.69) is 13.0 Å². The summed E-state index contributed by atoms with van der Waals surface area (Å²) in [6, 6.07) is 25.7. The number of benzene rings is 3. The van der Waals surface area contributed by atoms with Gasteiger partial charge in [0.1, 0.15) is 6.07 Å². The third-order valence-corrected chi connectivity index (χ3v) is 6.59. The number of aryl methyl sites for hydroxylation is 3. The number of hydrogen-bond donors (Lipinski definition) is 0. The van der Waals surface area contributed by atoms with Crippen LogP contribution in [0, 0.1) is 25.2 Å². The van der Waals surface area contributed by atoms with Gasteiger partial charge >= 0.3 is 5.97 Å². The highest BCUT2D eigenvalue weighted by Crippen LogP contribution is 2.40. The third kappa shape index (κ3) is 4.15. The number of pyridine rings is 1. The molecule has 0 aliphatic heterocycles. The van der Waals surface area contributed by atoms with Gasteiger partial charge in [-0.1, -0.05) is 61.5 Å². The van der Waals surface area contributed by atoms with Gasteiger partial charge in [-0.3, -0.25) is 0 Å². The Labute approximate surface area is 215 Å². The predicted molar refractivity (Wildman–Crippen MR) is 145 cm³/mol. The maximum atomic E-state index is 12.8. The van der Waals surface area contributed by atoms with Crippen molar-refractivity contribution in [2.75, 3.05) is 7.11 Å². The first-order valence-electron chi connectivity index (χ1n) is 12.1. The van der Waals surface area contributed by atoms with E-state index >= 15 is 0 Å².